The fourth-order valence-corrected chi connectivity index (χ4v) is 4.47. The van der Waals surface area contributed by atoms with Crippen molar-refractivity contribution in [3.63, 3.8) is 0 Å². The predicted octanol–water partition coefficient (Wildman–Crippen LogP) is 4.95. The van der Waals surface area contributed by atoms with Crippen LogP contribution in [0.5, 0.6) is 0 Å². The molecule has 2 N–H and O–H groups in total. The third-order valence-corrected chi connectivity index (χ3v) is 6.46. The number of carbonyl (C=O) groups is 1. The lowest BCUT2D eigenvalue weighted by Gasteiger charge is -2.23. The molecule has 1 amide bonds. The van der Waals surface area contributed by atoms with E-state index in [1.54, 1.807) is 0 Å². The number of aliphatic hydroxyl groups excluding tert-OH is 1. The number of likely N-dealkylation sites (tertiary alicyclic amines) is 1. The lowest BCUT2D eigenvalue weighted by atomic mass is 10.0. The van der Waals surface area contributed by atoms with Crippen LogP contribution in [0.2, 0.25) is 0 Å². The second kappa shape index (κ2) is 12.5. The van der Waals surface area contributed by atoms with Crippen LogP contribution in [0.1, 0.15) is 64.5 Å². The zero-order valence-corrected chi connectivity index (χ0v) is 21.3. The molecule has 1 fully saturated rings. The zero-order chi connectivity index (χ0) is 24.6. The van der Waals surface area contributed by atoms with Crippen molar-refractivity contribution in [1.29, 1.82) is 0 Å². The molecular weight excluding hydrogens is 424 g/mol. The highest BCUT2D eigenvalue weighted by Crippen LogP contribution is 2.22. The number of carbonyl (C=O) groups excluding carboxylic acids is 1. The van der Waals surface area contributed by atoms with Crippen molar-refractivity contribution < 1.29 is 14.6 Å². The first-order valence-electron chi connectivity index (χ1n) is 12.7. The van der Waals surface area contributed by atoms with Gasteiger partial charge in [0.15, 0.2) is 6.29 Å². The lowest BCUT2D eigenvalue weighted by Crippen LogP contribution is -2.32. The van der Waals surface area contributed by atoms with Crippen molar-refractivity contribution in [2.75, 3.05) is 19.6 Å². The molecule has 2 aromatic rings. The van der Waals surface area contributed by atoms with E-state index in [9.17, 15) is 9.90 Å². The summed E-state index contributed by atoms with van der Waals surface area (Å²) in [6.45, 7) is 10.8. The van der Waals surface area contributed by atoms with E-state index in [-0.39, 0.29) is 5.91 Å². The predicted molar refractivity (Wildman–Crippen MR) is 139 cm³/mol. The molecule has 3 rings (SSSR count). The first-order valence-corrected chi connectivity index (χ1v) is 12.7. The Kier molecular flexibility index (Phi) is 9.69. The maximum absolute atomic E-state index is 12.1. The van der Waals surface area contributed by atoms with E-state index in [1.807, 2.05) is 20.8 Å². The smallest absolute Gasteiger partial charge is 0.220 e. The molecule has 0 saturated carbocycles. The minimum atomic E-state index is -0.865. The van der Waals surface area contributed by atoms with E-state index < -0.39 is 11.9 Å². The highest BCUT2D eigenvalue weighted by atomic mass is 16.6. The molecular formula is C29H42N2O3. The summed E-state index contributed by atoms with van der Waals surface area (Å²) >= 11 is 0. The number of ether oxygens (including phenoxy) is 1. The molecule has 0 spiro atoms. The van der Waals surface area contributed by atoms with Gasteiger partial charge in [-0.05, 0) is 82.2 Å². The molecule has 2 atom stereocenters. The molecule has 5 heteroatoms. The molecule has 186 valence electrons. The number of nitrogens with zero attached hydrogens (tertiary/aromatic N) is 1. The molecule has 2 aromatic carbocycles. The van der Waals surface area contributed by atoms with Gasteiger partial charge in [-0.25, -0.2) is 0 Å². The fourth-order valence-electron chi connectivity index (χ4n) is 4.47. The van der Waals surface area contributed by atoms with Gasteiger partial charge in [-0.15, -0.1) is 0 Å². The van der Waals surface area contributed by atoms with Gasteiger partial charge in [0.2, 0.25) is 5.91 Å². The van der Waals surface area contributed by atoms with Crippen LogP contribution in [0.15, 0.2) is 48.5 Å². The van der Waals surface area contributed by atoms with Crippen LogP contribution < -0.4 is 5.32 Å². The van der Waals surface area contributed by atoms with Gasteiger partial charge < -0.3 is 20.1 Å². The molecule has 0 aliphatic carbocycles. The molecule has 1 aliphatic heterocycles. The third kappa shape index (κ3) is 8.86. The van der Waals surface area contributed by atoms with Gasteiger partial charge >= 0.3 is 0 Å². The summed E-state index contributed by atoms with van der Waals surface area (Å²) in [5.74, 6) is -0.00838. The molecule has 5 nitrogen and oxygen atoms in total. The van der Waals surface area contributed by atoms with E-state index in [1.165, 1.54) is 36.1 Å². The Morgan fingerprint density at radius 2 is 1.65 bits per heavy atom. The van der Waals surface area contributed by atoms with Crippen molar-refractivity contribution >= 4 is 5.91 Å². The number of benzene rings is 2. The summed E-state index contributed by atoms with van der Waals surface area (Å²) in [6, 6.07) is 18.1. The second-order valence-corrected chi connectivity index (χ2v) is 10.5. The average molecular weight is 467 g/mol. The van der Waals surface area contributed by atoms with E-state index in [2.05, 4.69) is 65.7 Å². The molecule has 0 radical (unpaired) electrons. The van der Waals surface area contributed by atoms with Gasteiger partial charge in [0.25, 0.3) is 0 Å². The minimum Gasteiger partial charge on any atom is -0.368 e. The van der Waals surface area contributed by atoms with Crippen LogP contribution in [-0.4, -0.2) is 53.5 Å². The molecule has 1 saturated heterocycles. The van der Waals surface area contributed by atoms with Crippen molar-refractivity contribution in [3.8, 4) is 11.1 Å². The molecule has 1 unspecified atom stereocenters. The van der Waals surface area contributed by atoms with E-state index in [0.29, 0.717) is 25.8 Å². The van der Waals surface area contributed by atoms with Crippen molar-refractivity contribution in [2.24, 2.45) is 0 Å². The largest absolute Gasteiger partial charge is 0.368 e. The fraction of sp³-hybridized carbons (Fsp3) is 0.552. The van der Waals surface area contributed by atoms with E-state index >= 15 is 0 Å². The highest BCUT2D eigenvalue weighted by Gasteiger charge is 2.19. The minimum absolute atomic E-state index is 0.00838. The van der Waals surface area contributed by atoms with E-state index in [4.69, 9.17) is 4.74 Å². The van der Waals surface area contributed by atoms with Crippen molar-refractivity contribution in [1.82, 2.24) is 10.2 Å². The molecule has 0 bridgehead atoms. The number of hydrogen-bond donors (Lipinski definition) is 2. The summed E-state index contributed by atoms with van der Waals surface area (Å²) in [4.78, 5) is 14.7. The van der Waals surface area contributed by atoms with Crippen LogP contribution in [0, 0.1) is 0 Å². The topological polar surface area (TPSA) is 61.8 Å². The molecule has 1 heterocycles. The quantitative estimate of drug-likeness (QED) is 0.460. The Hall–Kier alpha value is -2.21. The summed E-state index contributed by atoms with van der Waals surface area (Å²) in [5, 5.41) is 12.7. The standard InChI is InChI=1S/C29H42N2O3/c1-22-6-5-20-31(22)21-18-24-9-14-26(15-10-24)25-12-7-23(8-13-25)11-16-27(32)30-19-17-28(33)34-29(2,3)4/h7-10,12-15,22,28,33H,5-6,11,16-21H2,1-4H3,(H,30,32)/t22-,28?/m1/s1. The van der Waals surface area contributed by atoms with Crippen molar-refractivity contribution in [2.45, 2.75) is 84.2 Å². The van der Waals surface area contributed by atoms with E-state index in [0.717, 1.165) is 24.6 Å². The van der Waals surface area contributed by atoms with Gasteiger partial charge in [0, 0.05) is 32.0 Å². The maximum atomic E-state index is 12.1. The van der Waals surface area contributed by atoms with Crippen LogP contribution in [-0.2, 0) is 22.4 Å². The molecule has 34 heavy (non-hydrogen) atoms. The summed E-state index contributed by atoms with van der Waals surface area (Å²) < 4.78 is 5.44. The summed E-state index contributed by atoms with van der Waals surface area (Å²) in [5.41, 5.74) is 4.55. The number of nitrogens with one attached hydrogen (secondary N) is 1. The average Bonchev–Trinajstić information content (AvgIpc) is 3.20. The second-order valence-electron chi connectivity index (χ2n) is 10.5. The van der Waals surface area contributed by atoms with Gasteiger partial charge in [0.05, 0.1) is 5.60 Å². The number of aliphatic hydroxyl groups is 1. The Morgan fingerprint density at radius 1 is 1.06 bits per heavy atom. The Balaban J connectivity index is 1.39. The van der Waals surface area contributed by atoms with Crippen LogP contribution in [0.3, 0.4) is 0 Å². The van der Waals surface area contributed by atoms with Gasteiger partial charge in [-0.3, -0.25) is 4.79 Å². The normalized spacial score (nSPS) is 17.6. The van der Waals surface area contributed by atoms with Crippen LogP contribution in [0.4, 0.5) is 0 Å². The zero-order valence-electron chi connectivity index (χ0n) is 21.3. The van der Waals surface area contributed by atoms with Gasteiger partial charge in [-0.1, -0.05) is 48.5 Å². The Bertz CT molecular complexity index is 887. The third-order valence-electron chi connectivity index (χ3n) is 6.46. The maximum Gasteiger partial charge on any atom is 0.220 e. The highest BCUT2D eigenvalue weighted by molar-refractivity contribution is 5.76. The van der Waals surface area contributed by atoms with Crippen LogP contribution >= 0.6 is 0 Å². The summed E-state index contributed by atoms with van der Waals surface area (Å²) in [7, 11) is 0. The monoisotopic (exact) mass is 466 g/mol. The first kappa shape index (κ1) is 26.4. The van der Waals surface area contributed by atoms with Crippen molar-refractivity contribution in [3.05, 3.63) is 59.7 Å². The summed E-state index contributed by atoms with van der Waals surface area (Å²) in [6.07, 6.45) is 4.41. The Labute approximate surface area is 205 Å². The van der Waals surface area contributed by atoms with Crippen LogP contribution in [0.25, 0.3) is 11.1 Å². The Morgan fingerprint density at radius 3 is 2.18 bits per heavy atom. The number of aryl methyl sites for hydroxylation is 1. The number of rotatable bonds is 11. The first-order chi connectivity index (χ1) is 16.2. The number of amides is 1. The molecule has 0 aromatic heterocycles. The van der Waals surface area contributed by atoms with Gasteiger partial charge in [0.1, 0.15) is 0 Å². The SMILES string of the molecule is C[C@@H]1CCCN1CCc1ccc(-c2ccc(CCC(=O)NCCC(O)OC(C)(C)C)cc2)cc1. The molecule has 1 aliphatic rings. The number of hydrogen-bond acceptors (Lipinski definition) is 4. The lowest BCUT2D eigenvalue weighted by molar-refractivity contribution is -0.167. The van der Waals surface area contributed by atoms with Gasteiger partial charge in [-0.2, -0.15) is 0 Å².